The zero-order chi connectivity index (χ0) is 20.6. The van der Waals surface area contributed by atoms with Gasteiger partial charge in [0.2, 0.25) is 5.88 Å². The predicted octanol–water partition coefficient (Wildman–Crippen LogP) is 4.20. The Bertz CT molecular complexity index is 1000. The number of aromatic hydroxyl groups is 1. The molecule has 7 nitrogen and oxygen atoms in total. The molecule has 0 spiro atoms. The molecule has 4 rings (SSSR count). The maximum absolute atomic E-state index is 14.0. The van der Waals surface area contributed by atoms with E-state index in [4.69, 9.17) is 9.26 Å². The molecule has 2 aromatic heterocycles. The highest BCUT2D eigenvalue weighted by Gasteiger charge is 2.36. The maximum Gasteiger partial charge on any atom is 0.573 e. The summed E-state index contributed by atoms with van der Waals surface area (Å²) in [6, 6.07) is 4.23. The molecule has 1 fully saturated rings. The van der Waals surface area contributed by atoms with Gasteiger partial charge in [-0.15, -0.1) is 13.2 Å². The van der Waals surface area contributed by atoms with E-state index in [0.717, 1.165) is 18.2 Å². The molecule has 152 valence electrons. The summed E-state index contributed by atoms with van der Waals surface area (Å²) < 4.78 is 65.4. The molecule has 29 heavy (non-hydrogen) atoms. The number of halogens is 4. The third kappa shape index (κ3) is 4.39. The van der Waals surface area contributed by atoms with Crippen LogP contribution in [0.15, 0.2) is 41.2 Å². The minimum atomic E-state index is -4.84. The van der Waals surface area contributed by atoms with Gasteiger partial charge in [0, 0.05) is 0 Å². The molecule has 1 saturated carbocycles. The average Bonchev–Trinajstić information content (AvgIpc) is 3.05. The number of ether oxygens (including phenoxy) is 2. The number of benzene rings is 1. The fourth-order valence-electron chi connectivity index (χ4n) is 3.01. The predicted molar refractivity (Wildman–Crippen MR) is 88.7 cm³/mol. The van der Waals surface area contributed by atoms with Crippen molar-refractivity contribution < 1.29 is 36.7 Å². The zero-order valence-corrected chi connectivity index (χ0v) is 14.6. The molecule has 1 N–H and O–H groups in total. The van der Waals surface area contributed by atoms with Crippen LogP contribution in [0.5, 0.6) is 17.5 Å². The van der Waals surface area contributed by atoms with Crippen LogP contribution in [0.4, 0.5) is 17.6 Å². The van der Waals surface area contributed by atoms with Gasteiger partial charge in [0.15, 0.2) is 5.76 Å². The molecular weight excluding hydrogens is 398 g/mol. The van der Waals surface area contributed by atoms with Crippen LogP contribution >= 0.6 is 0 Å². The summed E-state index contributed by atoms with van der Waals surface area (Å²) in [6.45, 7) is 0. The van der Waals surface area contributed by atoms with Crippen LogP contribution in [0, 0.1) is 5.82 Å². The Morgan fingerprint density at radius 3 is 2.52 bits per heavy atom. The molecular formula is C18H13F4N3O4. The molecule has 1 aliphatic rings. The lowest BCUT2D eigenvalue weighted by Gasteiger charge is -2.35. The zero-order valence-electron chi connectivity index (χ0n) is 14.6. The van der Waals surface area contributed by atoms with E-state index in [9.17, 15) is 22.7 Å². The highest BCUT2D eigenvalue weighted by atomic mass is 19.4. The average molecular weight is 411 g/mol. The Morgan fingerprint density at radius 1 is 1.10 bits per heavy atom. The highest BCUT2D eigenvalue weighted by molar-refractivity contribution is 5.51. The summed E-state index contributed by atoms with van der Waals surface area (Å²) in [4.78, 5) is 8.18. The highest BCUT2D eigenvalue weighted by Crippen LogP contribution is 2.41. The first-order valence-electron chi connectivity index (χ1n) is 8.47. The Labute approximate surface area is 160 Å². The third-order valence-corrected chi connectivity index (χ3v) is 4.40. The second kappa shape index (κ2) is 7.22. The molecule has 11 heteroatoms. The molecule has 2 heterocycles. The minimum absolute atomic E-state index is 0.151. The van der Waals surface area contributed by atoms with Crippen molar-refractivity contribution in [3.63, 3.8) is 0 Å². The molecule has 1 aliphatic carbocycles. The number of nitrogens with zero attached hydrogens (tertiary/aromatic N) is 3. The molecule has 0 unspecified atom stereocenters. The molecule has 0 saturated heterocycles. The normalized spacial score (nSPS) is 18.9. The van der Waals surface area contributed by atoms with Crippen LogP contribution in [0.25, 0.3) is 11.5 Å². The van der Waals surface area contributed by atoms with E-state index in [2.05, 4.69) is 19.9 Å². The van der Waals surface area contributed by atoms with E-state index in [0.29, 0.717) is 18.5 Å². The maximum atomic E-state index is 14.0. The smallest absolute Gasteiger partial charge is 0.491 e. The Kier molecular flexibility index (Phi) is 4.73. The molecule has 3 aromatic rings. The van der Waals surface area contributed by atoms with Gasteiger partial charge in [0.05, 0.1) is 18.5 Å². The van der Waals surface area contributed by atoms with Crippen molar-refractivity contribution in [3.8, 4) is 29.0 Å². The van der Waals surface area contributed by atoms with Crippen molar-refractivity contribution in [2.75, 3.05) is 0 Å². The molecule has 1 aromatic carbocycles. The van der Waals surface area contributed by atoms with Gasteiger partial charge < -0.3 is 19.1 Å². The second-order valence-corrected chi connectivity index (χ2v) is 6.43. The van der Waals surface area contributed by atoms with E-state index < -0.39 is 17.9 Å². The van der Waals surface area contributed by atoms with Gasteiger partial charge in [0.1, 0.15) is 23.4 Å². The summed E-state index contributed by atoms with van der Waals surface area (Å²) in [5, 5.41) is 12.5. The standard InChI is InChI=1S/C18H13F4N3O4/c19-13-2-1-10(28-18(20,21)22)5-12(13)9-3-11(4-9)27-17-8-23-14(7-24-17)15-6-16(26)25-29-15/h1-2,5-9,11H,3-4H2,(H,25,26)/t9-,11+. The monoisotopic (exact) mass is 411 g/mol. The lowest BCUT2D eigenvalue weighted by Crippen LogP contribution is -2.33. The Balaban J connectivity index is 1.36. The SMILES string of the molecule is Oc1cc(-c2cnc(O[C@H]3C[C@@H](c4cc(OC(F)(F)F)ccc4F)C3)cn2)on1. The van der Waals surface area contributed by atoms with Crippen molar-refractivity contribution >= 4 is 0 Å². The summed E-state index contributed by atoms with van der Waals surface area (Å²) >= 11 is 0. The Morgan fingerprint density at radius 2 is 1.90 bits per heavy atom. The van der Waals surface area contributed by atoms with Gasteiger partial charge in [0.25, 0.3) is 5.88 Å². The number of aromatic nitrogens is 3. The van der Waals surface area contributed by atoms with Crippen LogP contribution in [0.1, 0.15) is 24.3 Å². The van der Waals surface area contributed by atoms with Crippen molar-refractivity contribution in [2.24, 2.45) is 0 Å². The molecule has 0 radical (unpaired) electrons. The van der Waals surface area contributed by atoms with Gasteiger partial charge in [-0.3, -0.25) is 0 Å². The number of hydrogen-bond acceptors (Lipinski definition) is 7. The van der Waals surface area contributed by atoms with Crippen molar-refractivity contribution in [1.82, 2.24) is 15.1 Å². The lowest BCUT2D eigenvalue weighted by molar-refractivity contribution is -0.274. The Hall–Kier alpha value is -3.37. The second-order valence-electron chi connectivity index (χ2n) is 6.43. The van der Waals surface area contributed by atoms with Crippen molar-refractivity contribution in [2.45, 2.75) is 31.2 Å². The third-order valence-electron chi connectivity index (χ3n) is 4.40. The first kappa shape index (κ1) is 19.0. The van der Waals surface area contributed by atoms with E-state index in [1.54, 1.807) is 0 Å². The number of hydrogen-bond donors (Lipinski definition) is 1. The summed E-state index contributed by atoms with van der Waals surface area (Å²) in [7, 11) is 0. The van der Waals surface area contributed by atoms with Gasteiger partial charge >= 0.3 is 6.36 Å². The van der Waals surface area contributed by atoms with Gasteiger partial charge in [-0.1, -0.05) is 0 Å². The molecule has 0 bridgehead atoms. The first-order valence-corrected chi connectivity index (χ1v) is 8.47. The van der Waals surface area contributed by atoms with E-state index in [-0.39, 0.29) is 35.1 Å². The number of rotatable bonds is 5. The van der Waals surface area contributed by atoms with Gasteiger partial charge in [-0.2, -0.15) is 0 Å². The molecule has 0 amide bonds. The topological polar surface area (TPSA) is 90.5 Å². The van der Waals surface area contributed by atoms with Crippen LogP contribution < -0.4 is 9.47 Å². The fourth-order valence-corrected chi connectivity index (χ4v) is 3.01. The van der Waals surface area contributed by atoms with Gasteiger partial charge in [-0.05, 0) is 47.7 Å². The first-order chi connectivity index (χ1) is 13.8. The van der Waals surface area contributed by atoms with Crippen molar-refractivity contribution in [1.29, 1.82) is 0 Å². The summed E-state index contributed by atoms with van der Waals surface area (Å²) in [6.07, 6.45) is -1.56. The quantitative estimate of drug-likeness (QED) is 0.630. The number of alkyl halides is 3. The van der Waals surface area contributed by atoms with E-state index in [1.807, 2.05) is 0 Å². The fraction of sp³-hybridized carbons (Fsp3) is 0.278. The minimum Gasteiger partial charge on any atom is -0.491 e. The van der Waals surface area contributed by atoms with Crippen LogP contribution in [0.3, 0.4) is 0 Å². The van der Waals surface area contributed by atoms with Crippen LogP contribution in [0.2, 0.25) is 0 Å². The van der Waals surface area contributed by atoms with Crippen LogP contribution in [-0.2, 0) is 0 Å². The summed E-state index contributed by atoms with van der Waals surface area (Å²) in [5.41, 5.74) is 0.498. The molecule has 0 atom stereocenters. The van der Waals surface area contributed by atoms with E-state index in [1.165, 1.54) is 18.5 Å². The van der Waals surface area contributed by atoms with Gasteiger partial charge in [-0.25, -0.2) is 14.4 Å². The van der Waals surface area contributed by atoms with E-state index >= 15 is 0 Å². The molecule has 0 aliphatic heterocycles. The summed E-state index contributed by atoms with van der Waals surface area (Å²) in [5.74, 6) is -1.15. The lowest BCUT2D eigenvalue weighted by atomic mass is 9.77. The van der Waals surface area contributed by atoms with Crippen LogP contribution in [-0.4, -0.2) is 32.7 Å². The van der Waals surface area contributed by atoms with Crippen molar-refractivity contribution in [3.05, 3.63) is 48.0 Å². The largest absolute Gasteiger partial charge is 0.573 e.